The van der Waals surface area contributed by atoms with Crippen LogP contribution < -0.4 is 0 Å². The molecule has 0 atom stereocenters. The number of benzene rings is 6. The van der Waals surface area contributed by atoms with Crippen molar-refractivity contribution in [1.82, 2.24) is 4.57 Å². The van der Waals surface area contributed by atoms with Gasteiger partial charge in [-0.1, -0.05) is 101 Å². The van der Waals surface area contributed by atoms with Gasteiger partial charge in [-0.15, -0.1) is 0 Å². The third-order valence-electron chi connectivity index (χ3n) is 7.69. The maximum absolute atomic E-state index is 6.13. The van der Waals surface area contributed by atoms with Gasteiger partial charge in [-0.25, -0.2) is 0 Å². The molecular weight excluding hydrogens is 542 g/mol. The highest BCUT2D eigenvalue weighted by Gasteiger charge is 2.16. The van der Waals surface area contributed by atoms with E-state index in [0.717, 1.165) is 32.1 Å². The minimum atomic E-state index is 0.907. The van der Waals surface area contributed by atoms with Crippen LogP contribution in [0.5, 0.6) is 0 Å². The smallest absolute Gasteiger partial charge is 0.135 e. The first-order valence-electron chi connectivity index (χ1n) is 13.0. The van der Waals surface area contributed by atoms with E-state index < -0.39 is 0 Å². The van der Waals surface area contributed by atoms with Crippen LogP contribution in [0.25, 0.3) is 71.7 Å². The molecule has 0 saturated heterocycles. The molecule has 0 N–H and O–H groups in total. The lowest BCUT2D eigenvalue weighted by Crippen LogP contribution is -1.94. The molecule has 8 rings (SSSR count). The summed E-state index contributed by atoms with van der Waals surface area (Å²) in [5, 5.41) is 4.76. The topological polar surface area (TPSA) is 18.1 Å². The number of nitrogens with zero attached hydrogens (tertiary/aromatic N) is 1. The van der Waals surface area contributed by atoms with Crippen LogP contribution in [0.3, 0.4) is 0 Å². The molecule has 3 heteroatoms. The first-order chi connectivity index (χ1) is 19.2. The van der Waals surface area contributed by atoms with E-state index in [4.69, 9.17) is 4.42 Å². The summed E-state index contributed by atoms with van der Waals surface area (Å²) in [6.07, 6.45) is 0. The van der Waals surface area contributed by atoms with Crippen LogP contribution in [0.2, 0.25) is 0 Å². The molecule has 0 spiro atoms. The summed E-state index contributed by atoms with van der Waals surface area (Å²) in [5.74, 6) is 0. The Labute approximate surface area is 233 Å². The van der Waals surface area contributed by atoms with E-state index in [0.29, 0.717) is 0 Å². The van der Waals surface area contributed by atoms with Crippen molar-refractivity contribution in [2.45, 2.75) is 0 Å². The third-order valence-corrected chi connectivity index (χ3v) is 8.21. The van der Waals surface area contributed by atoms with Gasteiger partial charge in [0, 0.05) is 31.7 Å². The van der Waals surface area contributed by atoms with Crippen LogP contribution in [-0.2, 0) is 0 Å². The highest BCUT2D eigenvalue weighted by Crippen LogP contribution is 2.39. The van der Waals surface area contributed by atoms with Gasteiger partial charge in [-0.05, 0) is 70.8 Å². The second kappa shape index (κ2) is 8.72. The summed E-state index contributed by atoms with van der Waals surface area (Å²) in [6, 6.07) is 47.5. The van der Waals surface area contributed by atoms with Crippen molar-refractivity contribution in [3.8, 4) is 27.9 Å². The Morgan fingerprint density at radius 2 is 1.10 bits per heavy atom. The van der Waals surface area contributed by atoms with Crippen LogP contribution >= 0.6 is 15.9 Å². The molecule has 0 bridgehead atoms. The van der Waals surface area contributed by atoms with Gasteiger partial charge in [-0.2, -0.15) is 0 Å². The molecule has 2 heterocycles. The number of fused-ring (bicyclic) bond motifs is 6. The predicted octanol–water partition coefficient (Wildman–Crippen LogP) is 10.8. The minimum Gasteiger partial charge on any atom is -0.456 e. The Morgan fingerprint density at radius 3 is 1.95 bits per heavy atom. The molecular formula is C36H22BrNO. The standard InChI is InChI=1S/C36H22BrNO/c37-25-16-13-23(14-17-25)27-7-1-2-8-28(27)24-15-19-30-29-9-3-5-11-33(29)38(34(30)21-24)26-18-20-36-32(22-26)31-10-4-6-12-35(31)39-36/h1-22H. The predicted molar refractivity (Wildman–Crippen MR) is 167 cm³/mol. The van der Waals surface area contributed by atoms with Gasteiger partial charge in [0.05, 0.1) is 11.0 Å². The van der Waals surface area contributed by atoms with E-state index in [9.17, 15) is 0 Å². The lowest BCUT2D eigenvalue weighted by molar-refractivity contribution is 0.669. The van der Waals surface area contributed by atoms with Crippen molar-refractivity contribution < 1.29 is 4.42 Å². The Balaban J connectivity index is 1.39. The summed E-state index contributed by atoms with van der Waals surface area (Å²) in [4.78, 5) is 0. The molecule has 2 aromatic heterocycles. The van der Waals surface area contributed by atoms with Crippen molar-refractivity contribution in [1.29, 1.82) is 0 Å². The molecule has 2 nitrogen and oxygen atoms in total. The van der Waals surface area contributed by atoms with Crippen molar-refractivity contribution in [3.05, 3.63) is 138 Å². The summed E-state index contributed by atoms with van der Waals surface area (Å²) >= 11 is 3.57. The van der Waals surface area contributed by atoms with Crippen molar-refractivity contribution in [3.63, 3.8) is 0 Å². The van der Waals surface area contributed by atoms with E-state index in [1.54, 1.807) is 0 Å². The molecule has 0 fully saturated rings. The fourth-order valence-electron chi connectivity index (χ4n) is 5.89. The lowest BCUT2D eigenvalue weighted by Gasteiger charge is -2.12. The number of furan rings is 1. The van der Waals surface area contributed by atoms with Crippen LogP contribution in [0.15, 0.2) is 142 Å². The van der Waals surface area contributed by atoms with Crippen molar-refractivity contribution in [2.75, 3.05) is 0 Å². The molecule has 6 aromatic carbocycles. The first-order valence-corrected chi connectivity index (χ1v) is 13.8. The number of para-hydroxylation sites is 2. The van der Waals surface area contributed by atoms with Crippen LogP contribution in [0.4, 0.5) is 0 Å². The Morgan fingerprint density at radius 1 is 0.462 bits per heavy atom. The maximum Gasteiger partial charge on any atom is 0.135 e. The van der Waals surface area contributed by atoms with Gasteiger partial charge < -0.3 is 8.98 Å². The van der Waals surface area contributed by atoms with E-state index >= 15 is 0 Å². The Bertz CT molecular complexity index is 2180. The van der Waals surface area contributed by atoms with E-state index in [1.807, 2.05) is 12.1 Å². The van der Waals surface area contributed by atoms with Gasteiger partial charge in [0.15, 0.2) is 0 Å². The van der Waals surface area contributed by atoms with E-state index in [1.165, 1.54) is 44.1 Å². The first kappa shape index (κ1) is 22.4. The molecule has 8 aromatic rings. The second-order valence-corrected chi connectivity index (χ2v) is 10.8. The van der Waals surface area contributed by atoms with Crippen molar-refractivity contribution in [2.24, 2.45) is 0 Å². The highest BCUT2D eigenvalue weighted by molar-refractivity contribution is 9.10. The third kappa shape index (κ3) is 3.54. The lowest BCUT2D eigenvalue weighted by atomic mass is 9.94. The molecule has 184 valence electrons. The van der Waals surface area contributed by atoms with Crippen LogP contribution in [0, 0.1) is 0 Å². The van der Waals surface area contributed by atoms with Crippen LogP contribution in [0.1, 0.15) is 0 Å². The molecule has 0 aliphatic heterocycles. The zero-order valence-corrected chi connectivity index (χ0v) is 22.5. The van der Waals surface area contributed by atoms with Crippen molar-refractivity contribution >= 4 is 59.7 Å². The molecule has 39 heavy (non-hydrogen) atoms. The average Bonchev–Trinajstić information content (AvgIpc) is 3.52. The molecule has 0 aliphatic rings. The SMILES string of the molecule is Brc1ccc(-c2ccccc2-c2ccc3c4ccccc4n(-c4ccc5oc6ccccc6c5c4)c3c2)cc1. The Kier molecular flexibility index (Phi) is 5.01. The van der Waals surface area contributed by atoms with Gasteiger partial charge >= 0.3 is 0 Å². The molecule has 0 amide bonds. The summed E-state index contributed by atoms with van der Waals surface area (Å²) < 4.78 is 9.59. The van der Waals surface area contributed by atoms with E-state index in [-0.39, 0.29) is 0 Å². The zero-order chi connectivity index (χ0) is 25.9. The largest absolute Gasteiger partial charge is 0.456 e. The second-order valence-electron chi connectivity index (χ2n) is 9.92. The zero-order valence-electron chi connectivity index (χ0n) is 20.9. The van der Waals surface area contributed by atoms with Gasteiger partial charge in [0.25, 0.3) is 0 Å². The fourth-order valence-corrected chi connectivity index (χ4v) is 6.15. The van der Waals surface area contributed by atoms with Gasteiger partial charge in [-0.3, -0.25) is 0 Å². The average molecular weight is 564 g/mol. The Hall–Kier alpha value is -4.60. The number of aromatic nitrogens is 1. The monoisotopic (exact) mass is 563 g/mol. The van der Waals surface area contributed by atoms with E-state index in [2.05, 4.69) is 142 Å². The normalized spacial score (nSPS) is 11.7. The molecule has 0 radical (unpaired) electrons. The summed E-state index contributed by atoms with van der Waals surface area (Å²) in [5.41, 5.74) is 10.2. The number of hydrogen-bond acceptors (Lipinski definition) is 1. The minimum absolute atomic E-state index is 0.907. The quantitative estimate of drug-likeness (QED) is 0.209. The number of hydrogen-bond donors (Lipinski definition) is 0. The molecule has 0 aliphatic carbocycles. The van der Waals surface area contributed by atoms with Gasteiger partial charge in [0.1, 0.15) is 11.2 Å². The van der Waals surface area contributed by atoms with Crippen LogP contribution in [-0.4, -0.2) is 4.57 Å². The maximum atomic E-state index is 6.13. The number of rotatable bonds is 3. The summed E-state index contributed by atoms with van der Waals surface area (Å²) in [7, 11) is 0. The molecule has 0 saturated carbocycles. The summed E-state index contributed by atoms with van der Waals surface area (Å²) in [6.45, 7) is 0. The highest BCUT2D eigenvalue weighted by atomic mass is 79.9. The van der Waals surface area contributed by atoms with Gasteiger partial charge in [0.2, 0.25) is 0 Å². The molecule has 0 unspecified atom stereocenters. The fraction of sp³-hybridized carbons (Fsp3) is 0. The number of halogens is 1.